The summed E-state index contributed by atoms with van der Waals surface area (Å²) in [6, 6.07) is 29.8. The first-order valence-corrected chi connectivity index (χ1v) is 21.9. The molecule has 0 radical (unpaired) electrons. The summed E-state index contributed by atoms with van der Waals surface area (Å²) in [5.41, 5.74) is 7.94. The van der Waals surface area contributed by atoms with Crippen LogP contribution in [0.25, 0.3) is 22.5 Å². The van der Waals surface area contributed by atoms with Crippen molar-refractivity contribution >= 4 is 10.0 Å². The van der Waals surface area contributed by atoms with Crippen LogP contribution < -0.4 is 19.9 Å². The van der Waals surface area contributed by atoms with Crippen molar-refractivity contribution in [3.8, 4) is 39.8 Å². The maximum Gasteiger partial charge on any atom is 0.417 e. The number of benzene rings is 5. The number of hydrogen-bond acceptors (Lipinski definition) is 10. The second-order valence-corrected chi connectivity index (χ2v) is 18.6. The predicted molar refractivity (Wildman–Crippen MR) is 235 cm³/mol. The molecule has 0 unspecified atom stereocenters. The molecule has 16 heteroatoms. The molecular weight excluding hydrogens is 832 g/mol. The molecule has 0 saturated carbocycles. The van der Waals surface area contributed by atoms with Gasteiger partial charge in [0.25, 0.3) is 0 Å². The molecule has 0 bridgehead atoms. The summed E-state index contributed by atoms with van der Waals surface area (Å²) in [5.74, 6) is 1.39. The van der Waals surface area contributed by atoms with Crippen LogP contribution in [0.15, 0.2) is 114 Å². The van der Waals surface area contributed by atoms with Crippen LogP contribution in [0, 0.1) is 0 Å². The predicted octanol–water partition coefficient (Wildman–Crippen LogP) is 8.54. The Kier molecular flexibility index (Phi) is 13.0. The van der Waals surface area contributed by atoms with Gasteiger partial charge in [0.05, 0.1) is 39.0 Å². The van der Waals surface area contributed by atoms with E-state index in [1.165, 1.54) is 25.1 Å². The van der Waals surface area contributed by atoms with Crippen molar-refractivity contribution in [3.63, 3.8) is 0 Å². The van der Waals surface area contributed by atoms with Gasteiger partial charge >= 0.3 is 6.18 Å². The Morgan fingerprint density at radius 1 is 0.714 bits per heavy atom. The second kappa shape index (κ2) is 18.1. The van der Waals surface area contributed by atoms with Crippen LogP contribution >= 0.6 is 0 Å². The van der Waals surface area contributed by atoms with Gasteiger partial charge in [0.1, 0.15) is 22.1 Å². The average molecular weight is 884 g/mol. The van der Waals surface area contributed by atoms with E-state index in [4.69, 9.17) is 19.9 Å². The Morgan fingerprint density at radius 2 is 1.21 bits per heavy atom. The molecule has 1 saturated heterocycles. The molecule has 0 amide bonds. The molecule has 2 N–H and O–H groups in total. The molecule has 63 heavy (non-hydrogen) atoms. The molecule has 1 aliphatic rings. The van der Waals surface area contributed by atoms with Gasteiger partial charge < -0.3 is 19.9 Å². The third-order valence-electron chi connectivity index (χ3n) is 11.6. The van der Waals surface area contributed by atoms with Crippen LogP contribution in [0.4, 0.5) is 13.2 Å². The first-order valence-electron chi connectivity index (χ1n) is 20.5. The maximum atomic E-state index is 15.5. The SMILES string of the molecule is COc1ccc(CN(Cc2ccc(OC)cc2)S(=O)(=O)c2c(C(F)(F)F)ccc(-c3ccc(C4(N)CCN(C(C)(C)C)CC4)cc3)c2-c2nnn(Cc3ccc(OC)cc3)n2)cc1. The molecule has 6 aromatic rings. The zero-order valence-corrected chi connectivity index (χ0v) is 37.0. The smallest absolute Gasteiger partial charge is 0.417 e. The number of piperidine rings is 1. The highest BCUT2D eigenvalue weighted by atomic mass is 32.2. The molecule has 12 nitrogen and oxygen atoms in total. The van der Waals surface area contributed by atoms with Gasteiger partial charge in [-0.2, -0.15) is 22.3 Å². The Labute approximate surface area is 366 Å². The summed E-state index contributed by atoms with van der Waals surface area (Å²) < 4.78 is 94.2. The van der Waals surface area contributed by atoms with Gasteiger partial charge in [0.2, 0.25) is 15.8 Å². The van der Waals surface area contributed by atoms with E-state index in [2.05, 4.69) is 41.1 Å². The number of nitrogens with zero attached hydrogens (tertiary/aromatic N) is 6. The molecule has 1 fully saturated rings. The minimum absolute atomic E-state index is 0.00834. The summed E-state index contributed by atoms with van der Waals surface area (Å²) in [6.07, 6.45) is -3.70. The lowest BCUT2D eigenvalue weighted by molar-refractivity contribution is -0.139. The first-order chi connectivity index (χ1) is 29.9. The van der Waals surface area contributed by atoms with Crippen LogP contribution in [0.3, 0.4) is 0 Å². The van der Waals surface area contributed by atoms with Crippen molar-refractivity contribution in [2.75, 3.05) is 34.4 Å². The molecule has 0 atom stereocenters. The fourth-order valence-corrected chi connectivity index (χ4v) is 9.73. The quantitative estimate of drug-likeness (QED) is 0.113. The lowest BCUT2D eigenvalue weighted by atomic mass is 9.80. The molecular formula is C47H52F3N7O5S. The molecule has 2 heterocycles. The Balaban J connectivity index is 1.39. The summed E-state index contributed by atoms with van der Waals surface area (Å²) in [5, 5.41) is 13.0. The van der Waals surface area contributed by atoms with Crippen molar-refractivity contribution in [1.29, 1.82) is 0 Å². The Hall–Kier alpha value is -5.81. The van der Waals surface area contributed by atoms with Crippen molar-refractivity contribution in [2.45, 2.75) is 75.4 Å². The van der Waals surface area contributed by atoms with Crippen LogP contribution in [0.5, 0.6) is 17.2 Å². The first kappa shape index (κ1) is 45.2. The topological polar surface area (TPSA) is 138 Å². The highest BCUT2D eigenvalue weighted by Gasteiger charge is 2.43. The molecule has 1 aromatic heterocycles. The molecule has 7 rings (SSSR count). The lowest BCUT2D eigenvalue weighted by Crippen LogP contribution is -2.53. The molecule has 0 spiro atoms. The largest absolute Gasteiger partial charge is 0.497 e. The van der Waals surface area contributed by atoms with Gasteiger partial charge in [-0.25, -0.2) is 8.42 Å². The summed E-state index contributed by atoms with van der Waals surface area (Å²) in [6.45, 7) is 7.64. The number of tetrazole rings is 1. The Bertz CT molecular complexity index is 2560. The third kappa shape index (κ3) is 10.0. The number of halogens is 3. The number of alkyl halides is 3. The van der Waals surface area contributed by atoms with Gasteiger partial charge in [-0.05, 0) is 115 Å². The zero-order chi connectivity index (χ0) is 45.2. The van der Waals surface area contributed by atoms with Crippen LogP contribution in [-0.4, -0.2) is 77.8 Å². The van der Waals surface area contributed by atoms with Gasteiger partial charge in [-0.1, -0.05) is 66.7 Å². The average Bonchev–Trinajstić information content (AvgIpc) is 3.74. The molecule has 5 aromatic carbocycles. The van der Waals surface area contributed by atoms with E-state index in [1.54, 1.807) is 92.0 Å². The highest BCUT2D eigenvalue weighted by molar-refractivity contribution is 7.89. The number of methoxy groups -OCH3 is 3. The van der Waals surface area contributed by atoms with Crippen molar-refractivity contribution in [3.05, 3.63) is 137 Å². The molecule has 332 valence electrons. The fraction of sp³-hybridized carbons (Fsp3) is 0.340. The standard InChI is InChI=1S/C47H52F3N7O5S/c1-45(2,3)55-27-25-46(51,26-28-55)36-15-13-35(14-16-36)40-23-24-41(47(48,49)50)43(42(40)44-52-54-57(53-44)31-34-11-21-39(62-6)22-12-34)63(58,59)56(29-32-7-17-37(60-4)18-8-32)30-33-9-19-38(61-5)20-10-33/h7-24H,25-31,51H2,1-6H3. The van der Waals surface area contributed by atoms with E-state index in [1.807, 2.05) is 12.1 Å². The zero-order valence-electron chi connectivity index (χ0n) is 36.2. The third-order valence-corrected chi connectivity index (χ3v) is 13.5. The summed E-state index contributed by atoms with van der Waals surface area (Å²) in [7, 11) is -0.515. The second-order valence-electron chi connectivity index (χ2n) is 16.7. The van der Waals surface area contributed by atoms with E-state index in [9.17, 15) is 0 Å². The minimum atomic E-state index is -5.11. The number of sulfonamides is 1. The van der Waals surface area contributed by atoms with E-state index in [0.29, 0.717) is 46.8 Å². The molecule has 0 aliphatic carbocycles. The van der Waals surface area contributed by atoms with Gasteiger partial charge in [0.15, 0.2) is 0 Å². The van der Waals surface area contributed by atoms with E-state index in [-0.39, 0.29) is 42.1 Å². The van der Waals surface area contributed by atoms with Gasteiger partial charge in [-0.15, -0.1) is 10.2 Å². The number of hydrogen-bond donors (Lipinski definition) is 1. The van der Waals surface area contributed by atoms with E-state index >= 15 is 21.6 Å². The number of aromatic nitrogens is 4. The number of nitrogens with two attached hydrogens (primary N) is 1. The maximum absolute atomic E-state index is 15.5. The summed E-state index contributed by atoms with van der Waals surface area (Å²) >= 11 is 0. The monoisotopic (exact) mass is 883 g/mol. The van der Waals surface area contributed by atoms with Gasteiger partial charge in [0, 0.05) is 37.3 Å². The van der Waals surface area contributed by atoms with Gasteiger partial charge in [-0.3, -0.25) is 4.90 Å². The summed E-state index contributed by atoms with van der Waals surface area (Å²) in [4.78, 5) is 2.62. The van der Waals surface area contributed by atoms with Crippen molar-refractivity contribution in [1.82, 2.24) is 29.4 Å². The normalized spacial score (nSPS) is 14.8. The minimum Gasteiger partial charge on any atom is -0.497 e. The number of rotatable bonds is 14. The van der Waals surface area contributed by atoms with Crippen LogP contribution in [0.2, 0.25) is 0 Å². The van der Waals surface area contributed by atoms with Crippen molar-refractivity contribution in [2.24, 2.45) is 5.73 Å². The van der Waals surface area contributed by atoms with E-state index in [0.717, 1.165) is 34.6 Å². The Morgan fingerprint density at radius 3 is 1.67 bits per heavy atom. The highest BCUT2D eigenvalue weighted by Crippen LogP contribution is 2.45. The van der Waals surface area contributed by atoms with Crippen LogP contribution in [0.1, 0.15) is 61.4 Å². The van der Waals surface area contributed by atoms with Crippen LogP contribution in [-0.2, 0) is 41.4 Å². The van der Waals surface area contributed by atoms with E-state index < -0.39 is 32.2 Å². The van der Waals surface area contributed by atoms with Crippen molar-refractivity contribution < 1.29 is 35.8 Å². The fourth-order valence-electron chi connectivity index (χ4n) is 7.91. The number of likely N-dealkylation sites (tertiary alicyclic amines) is 1. The number of ether oxygens (including phenoxy) is 3. The molecule has 1 aliphatic heterocycles. The lowest BCUT2D eigenvalue weighted by Gasteiger charge is -2.45.